The van der Waals surface area contributed by atoms with Crippen LogP contribution in [0.1, 0.15) is 5.56 Å². The topological polar surface area (TPSA) is 29.9 Å². The van der Waals surface area contributed by atoms with Crippen LogP contribution in [0.4, 0.5) is 18.9 Å². The van der Waals surface area contributed by atoms with E-state index in [1.807, 2.05) is 0 Å². The summed E-state index contributed by atoms with van der Waals surface area (Å²) in [6, 6.07) is 3.28. The first-order valence-electron chi connectivity index (χ1n) is 5.45. The SMILES string of the molecule is FCCn1cc(NCc2cc(F)ccc2F)cn1. The van der Waals surface area contributed by atoms with E-state index in [0.717, 1.165) is 18.2 Å². The number of hydrogen-bond donors (Lipinski definition) is 1. The molecule has 1 aromatic heterocycles. The minimum absolute atomic E-state index is 0.144. The van der Waals surface area contributed by atoms with Crippen LogP contribution in [-0.2, 0) is 13.1 Å². The Bertz CT molecular complexity index is 525. The number of anilines is 1. The maximum absolute atomic E-state index is 13.3. The van der Waals surface area contributed by atoms with Gasteiger partial charge in [-0.3, -0.25) is 4.68 Å². The third kappa shape index (κ3) is 3.03. The van der Waals surface area contributed by atoms with Crippen LogP contribution in [0.3, 0.4) is 0 Å². The standard InChI is InChI=1S/C12H12F3N3/c13-3-4-18-8-11(7-17-18)16-6-9-5-10(14)1-2-12(9)15/h1-2,5,7-8,16H,3-4,6H2. The Morgan fingerprint density at radius 1 is 1.28 bits per heavy atom. The van der Waals surface area contributed by atoms with Gasteiger partial charge in [0.15, 0.2) is 0 Å². The maximum Gasteiger partial charge on any atom is 0.128 e. The molecule has 0 bridgehead atoms. The molecule has 0 aliphatic heterocycles. The van der Waals surface area contributed by atoms with Gasteiger partial charge in [0, 0.05) is 18.3 Å². The monoisotopic (exact) mass is 255 g/mol. The molecule has 1 N–H and O–H groups in total. The van der Waals surface area contributed by atoms with Gasteiger partial charge >= 0.3 is 0 Å². The first-order chi connectivity index (χ1) is 8.69. The number of alkyl halides is 1. The fraction of sp³-hybridized carbons (Fsp3) is 0.250. The van der Waals surface area contributed by atoms with E-state index in [2.05, 4.69) is 10.4 Å². The highest BCUT2D eigenvalue weighted by molar-refractivity contribution is 5.39. The zero-order valence-electron chi connectivity index (χ0n) is 9.54. The van der Waals surface area contributed by atoms with Crippen molar-refractivity contribution in [2.45, 2.75) is 13.1 Å². The van der Waals surface area contributed by atoms with Crippen molar-refractivity contribution in [2.75, 3.05) is 12.0 Å². The summed E-state index contributed by atoms with van der Waals surface area (Å²) < 4.78 is 39.7. The number of aryl methyl sites for hydroxylation is 1. The summed E-state index contributed by atoms with van der Waals surface area (Å²) in [6.07, 6.45) is 3.11. The van der Waals surface area contributed by atoms with E-state index in [-0.39, 0.29) is 18.7 Å². The van der Waals surface area contributed by atoms with Gasteiger partial charge in [-0.2, -0.15) is 5.10 Å². The summed E-state index contributed by atoms with van der Waals surface area (Å²) in [4.78, 5) is 0. The molecule has 2 rings (SSSR count). The van der Waals surface area contributed by atoms with Gasteiger partial charge in [-0.15, -0.1) is 0 Å². The van der Waals surface area contributed by atoms with Gasteiger partial charge in [-0.25, -0.2) is 13.2 Å². The van der Waals surface area contributed by atoms with Crippen molar-refractivity contribution in [2.24, 2.45) is 0 Å². The Labute approximate surface area is 102 Å². The molecule has 0 fully saturated rings. The average molecular weight is 255 g/mol. The van der Waals surface area contributed by atoms with Gasteiger partial charge < -0.3 is 5.32 Å². The Morgan fingerprint density at radius 2 is 2.11 bits per heavy atom. The lowest BCUT2D eigenvalue weighted by Gasteiger charge is -2.05. The molecule has 0 aliphatic carbocycles. The highest BCUT2D eigenvalue weighted by Gasteiger charge is 2.04. The van der Waals surface area contributed by atoms with E-state index in [9.17, 15) is 13.2 Å². The molecule has 96 valence electrons. The van der Waals surface area contributed by atoms with Crippen LogP contribution >= 0.6 is 0 Å². The molecule has 1 aromatic carbocycles. The third-order valence-electron chi connectivity index (χ3n) is 2.44. The summed E-state index contributed by atoms with van der Waals surface area (Å²) in [5.74, 6) is -0.957. The lowest BCUT2D eigenvalue weighted by Crippen LogP contribution is -2.02. The predicted molar refractivity (Wildman–Crippen MR) is 61.9 cm³/mol. The van der Waals surface area contributed by atoms with Crippen LogP contribution in [0.2, 0.25) is 0 Å². The number of rotatable bonds is 5. The van der Waals surface area contributed by atoms with Gasteiger partial charge in [0.1, 0.15) is 18.3 Å². The number of halogens is 3. The predicted octanol–water partition coefficient (Wildman–Crippen LogP) is 2.74. The number of aromatic nitrogens is 2. The van der Waals surface area contributed by atoms with Crippen LogP contribution in [0.25, 0.3) is 0 Å². The lowest BCUT2D eigenvalue weighted by molar-refractivity contribution is 0.427. The molecule has 18 heavy (non-hydrogen) atoms. The molecule has 0 atom stereocenters. The smallest absolute Gasteiger partial charge is 0.128 e. The Kier molecular flexibility index (Phi) is 3.86. The van der Waals surface area contributed by atoms with E-state index < -0.39 is 18.3 Å². The van der Waals surface area contributed by atoms with E-state index in [1.54, 1.807) is 6.20 Å². The minimum Gasteiger partial charge on any atom is -0.378 e. The molecule has 3 nitrogen and oxygen atoms in total. The molecular formula is C12H12F3N3. The number of nitrogens with one attached hydrogen (secondary N) is 1. The molecule has 0 saturated heterocycles. The Morgan fingerprint density at radius 3 is 2.89 bits per heavy atom. The van der Waals surface area contributed by atoms with Gasteiger partial charge in [-0.1, -0.05) is 0 Å². The van der Waals surface area contributed by atoms with E-state index >= 15 is 0 Å². The first kappa shape index (κ1) is 12.5. The van der Waals surface area contributed by atoms with E-state index in [4.69, 9.17) is 0 Å². The zero-order chi connectivity index (χ0) is 13.0. The number of benzene rings is 1. The Hall–Kier alpha value is -1.98. The van der Waals surface area contributed by atoms with Crippen molar-refractivity contribution in [3.8, 4) is 0 Å². The second kappa shape index (κ2) is 5.57. The second-order valence-corrected chi connectivity index (χ2v) is 3.77. The van der Waals surface area contributed by atoms with Crippen LogP contribution in [0.15, 0.2) is 30.6 Å². The Balaban J connectivity index is 1.99. The van der Waals surface area contributed by atoms with E-state index in [0.29, 0.717) is 5.69 Å². The molecule has 0 radical (unpaired) electrons. The lowest BCUT2D eigenvalue weighted by atomic mass is 10.2. The summed E-state index contributed by atoms with van der Waals surface area (Å²) in [5.41, 5.74) is 0.861. The van der Waals surface area contributed by atoms with Crippen LogP contribution in [-0.4, -0.2) is 16.5 Å². The van der Waals surface area contributed by atoms with Gasteiger partial charge in [0.25, 0.3) is 0 Å². The van der Waals surface area contributed by atoms with Crippen molar-refractivity contribution in [1.29, 1.82) is 0 Å². The maximum atomic E-state index is 13.3. The van der Waals surface area contributed by atoms with Crippen molar-refractivity contribution >= 4 is 5.69 Å². The minimum atomic E-state index is -0.500. The van der Waals surface area contributed by atoms with E-state index in [1.165, 1.54) is 10.9 Å². The van der Waals surface area contributed by atoms with Crippen molar-refractivity contribution in [3.63, 3.8) is 0 Å². The van der Waals surface area contributed by atoms with Gasteiger partial charge in [-0.05, 0) is 18.2 Å². The van der Waals surface area contributed by atoms with Crippen molar-refractivity contribution in [1.82, 2.24) is 9.78 Å². The molecule has 0 amide bonds. The first-order valence-corrected chi connectivity index (χ1v) is 5.45. The quantitative estimate of drug-likeness (QED) is 0.890. The highest BCUT2D eigenvalue weighted by atomic mass is 19.1. The number of nitrogens with zero attached hydrogens (tertiary/aromatic N) is 2. The molecule has 1 heterocycles. The molecule has 0 saturated carbocycles. The molecule has 0 aliphatic rings. The molecular weight excluding hydrogens is 243 g/mol. The largest absolute Gasteiger partial charge is 0.378 e. The molecule has 0 unspecified atom stereocenters. The highest BCUT2D eigenvalue weighted by Crippen LogP contribution is 2.12. The average Bonchev–Trinajstić information content (AvgIpc) is 2.79. The van der Waals surface area contributed by atoms with Crippen LogP contribution in [0, 0.1) is 11.6 Å². The van der Waals surface area contributed by atoms with Crippen LogP contribution < -0.4 is 5.32 Å². The fourth-order valence-corrected chi connectivity index (χ4v) is 1.54. The molecule has 0 spiro atoms. The fourth-order valence-electron chi connectivity index (χ4n) is 1.54. The summed E-state index contributed by atoms with van der Waals surface area (Å²) in [6.45, 7) is -0.180. The van der Waals surface area contributed by atoms with Gasteiger partial charge in [0.05, 0.1) is 18.4 Å². The third-order valence-corrected chi connectivity index (χ3v) is 2.44. The zero-order valence-corrected chi connectivity index (χ0v) is 9.54. The van der Waals surface area contributed by atoms with Gasteiger partial charge in [0.2, 0.25) is 0 Å². The van der Waals surface area contributed by atoms with Crippen molar-refractivity contribution < 1.29 is 13.2 Å². The second-order valence-electron chi connectivity index (χ2n) is 3.77. The number of hydrogen-bond acceptors (Lipinski definition) is 2. The normalized spacial score (nSPS) is 10.6. The molecule has 6 heteroatoms. The van der Waals surface area contributed by atoms with Crippen molar-refractivity contribution in [3.05, 3.63) is 47.8 Å². The summed E-state index contributed by atoms with van der Waals surface area (Å²) >= 11 is 0. The molecule has 2 aromatic rings. The summed E-state index contributed by atoms with van der Waals surface area (Å²) in [5, 5.41) is 6.80. The van der Waals surface area contributed by atoms with Crippen LogP contribution in [0.5, 0.6) is 0 Å². The summed E-state index contributed by atoms with van der Waals surface area (Å²) in [7, 11) is 0.